The number of carbonyl (C=O) groups is 3. The van der Waals surface area contributed by atoms with Gasteiger partial charge in [-0.1, -0.05) is 46.8 Å². The Morgan fingerprint density at radius 2 is 1.63 bits per heavy atom. The molecule has 0 fully saturated rings. The van der Waals surface area contributed by atoms with Crippen LogP contribution in [0.3, 0.4) is 0 Å². The lowest BCUT2D eigenvalue weighted by Crippen LogP contribution is -2.33. The van der Waals surface area contributed by atoms with Gasteiger partial charge in [0.1, 0.15) is 5.75 Å². The minimum atomic E-state index is -0.342. The Morgan fingerprint density at radius 1 is 1.00 bits per heavy atom. The summed E-state index contributed by atoms with van der Waals surface area (Å²) in [7, 11) is 0. The molecule has 3 rings (SSSR count). The fourth-order valence-electron chi connectivity index (χ4n) is 3.30. The van der Waals surface area contributed by atoms with Crippen LogP contribution in [0, 0.1) is 5.92 Å². The molecule has 1 aliphatic heterocycles. The first kappa shape index (κ1) is 21.6. The quantitative estimate of drug-likeness (QED) is 0.725. The summed E-state index contributed by atoms with van der Waals surface area (Å²) in [6, 6.07) is 12.4. The van der Waals surface area contributed by atoms with E-state index in [1.54, 1.807) is 18.2 Å². The van der Waals surface area contributed by atoms with Gasteiger partial charge in [-0.15, -0.1) is 0 Å². The third-order valence-corrected chi connectivity index (χ3v) is 4.89. The number of nitrogens with one attached hydrogen (secondary N) is 1. The molecule has 0 unspecified atom stereocenters. The molecule has 1 aliphatic rings. The molecule has 1 heterocycles. The van der Waals surface area contributed by atoms with Gasteiger partial charge in [0.2, 0.25) is 0 Å². The van der Waals surface area contributed by atoms with Crippen LogP contribution >= 0.6 is 0 Å². The zero-order chi connectivity index (χ0) is 22.1. The smallest absolute Gasteiger partial charge is 0.262 e. The predicted octanol–water partition coefficient (Wildman–Crippen LogP) is 4.25. The van der Waals surface area contributed by atoms with Gasteiger partial charge < -0.3 is 10.1 Å². The predicted molar refractivity (Wildman–Crippen MR) is 116 cm³/mol. The molecule has 0 aromatic heterocycles. The molecule has 0 aliphatic carbocycles. The van der Waals surface area contributed by atoms with Crippen LogP contribution in [-0.4, -0.2) is 35.8 Å². The Bertz CT molecular complexity index is 972. The molecule has 6 nitrogen and oxygen atoms in total. The summed E-state index contributed by atoms with van der Waals surface area (Å²) in [6.45, 7) is 10.5. The van der Waals surface area contributed by atoms with Gasteiger partial charge in [0.05, 0.1) is 11.1 Å². The van der Waals surface area contributed by atoms with Gasteiger partial charge in [-0.25, -0.2) is 0 Å². The summed E-state index contributed by atoms with van der Waals surface area (Å²) >= 11 is 0. The largest absolute Gasteiger partial charge is 0.484 e. The van der Waals surface area contributed by atoms with Gasteiger partial charge in [-0.2, -0.15) is 0 Å². The minimum Gasteiger partial charge on any atom is -0.484 e. The minimum absolute atomic E-state index is 0.0486. The van der Waals surface area contributed by atoms with E-state index in [1.165, 1.54) is 10.5 Å². The first-order valence-electron chi connectivity index (χ1n) is 10.1. The van der Waals surface area contributed by atoms with E-state index in [4.69, 9.17) is 4.74 Å². The van der Waals surface area contributed by atoms with E-state index in [0.717, 1.165) is 0 Å². The summed E-state index contributed by atoms with van der Waals surface area (Å²) in [5.74, 6) is -0.164. The maximum atomic E-state index is 12.6. The molecule has 0 bridgehead atoms. The summed E-state index contributed by atoms with van der Waals surface area (Å²) in [5.41, 5.74) is 2.37. The first-order valence-corrected chi connectivity index (χ1v) is 10.1. The van der Waals surface area contributed by atoms with Gasteiger partial charge >= 0.3 is 0 Å². The Morgan fingerprint density at radius 3 is 2.23 bits per heavy atom. The Kier molecular flexibility index (Phi) is 5.97. The average Bonchev–Trinajstić information content (AvgIpc) is 2.90. The highest BCUT2D eigenvalue weighted by atomic mass is 16.5. The zero-order valence-corrected chi connectivity index (χ0v) is 18.1. The van der Waals surface area contributed by atoms with Crippen LogP contribution in [0.15, 0.2) is 42.5 Å². The number of ether oxygens (including phenoxy) is 1. The number of benzene rings is 2. The van der Waals surface area contributed by atoms with E-state index in [1.807, 2.05) is 38.1 Å². The molecular weight excluding hydrogens is 380 g/mol. The fourth-order valence-corrected chi connectivity index (χ4v) is 3.30. The van der Waals surface area contributed by atoms with Crippen molar-refractivity contribution < 1.29 is 19.1 Å². The number of imide groups is 1. The number of anilines is 1. The SMILES string of the molecule is CC(C)CN1C(=O)c2ccc(NC(=O)COc3ccc(C(C)(C)C)cc3)cc2C1=O. The Hall–Kier alpha value is -3.15. The topological polar surface area (TPSA) is 75.7 Å². The number of carbonyl (C=O) groups excluding carboxylic acids is 3. The Labute approximate surface area is 177 Å². The molecule has 0 spiro atoms. The molecule has 0 saturated heterocycles. The van der Waals surface area contributed by atoms with E-state index in [9.17, 15) is 14.4 Å². The van der Waals surface area contributed by atoms with E-state index < -0.39 is 0 Å². The molecule has 0 radical (unpaired) electrons. The molecule has 2 aromatic carbocycles. The first-order chi connectivity index (χ1) is 14.1. The highest BCUT2D eigenvalue weighted by Crippen LogP contribution is 2.27. The van der Waals surface area contributed by atoms with Crippen molar-refractivity contribution in [3.63, 3.8) is 0 Å². The number of hydrogen-bond acceptors (Lipinski definition) is 4. The summed E-state index contributed by atoms with van der Waals surface area (Å²) in [5, 5.41) is 2.72. The van der Waals surface area contributed by atoms with Gasteiger partial charge in [0.25, 0.3) is 17.7 Å². The van der Waals surface area contributed by atoms with E-state index >= 15 is 0 Å². The van der Waals surface area contributed by atoms with Gasteiger partial charge in [0, 0.05) is 12.2 Å². The van der Waals surface area contributed by atoms with Crippen molar-refractivity contribution in [1.82, 2.24) is 4.90 Å². The summed E-state index contributed by atoms with van der Waals surface area (Å²) in [6.07, 6.45) is 0. The maximum Gasteiger partial charge on any atom is 0.262 e. The molecular formula is C24H28N2O4. The third-order valence-electron chi connectivity index (χ3n) is 4.89. The molecule has 2 aromatic rings. The van der Waals surface area contributed by atoms with Crippen LogP contribution < -0.4 is 10.1 Å². The van der Waals surface area contributed by atoms with Crippen molar-refractivity contribution in [1.29, 1.82) is 0 Å². The van der Waals surface area contributed by atoms with Crippen molar-refractivity contribution >= 4 is 23.4 Å². The van der Waals surface area contributed by atoms with Crippen LogP contribution in [0.1, 0.15) is 60.9 Å². The highest BCUT2D eigenvalue weighted by Gasteiger charge is 2.35. The molecule has 158 valence electrons. The van der Waals surface area contributed by atoms with Gasteiger partial charge in [-0.3, -0.25) is 19.3 Å². The summed E-state index contributed by atoms with van der Waals surface area (Å²) in [4.78, 5) is 38.5. The molecule has 0 saturated carbocycles. The lowest BCUT2D eigenvalue weighted by molar-refractivity contribution is -0.118. The van der Waals surface area contributed by atoms with Crippen molar-refractivity contribution in [3.8, 4) is 5.75 Å². The second-order valence-corrected chi connectivity index (χ2v) is 8.99. The lowest BCUT2D eigenvalue weighted by atomic mass is 9.87. The number of rotatable bonds is 6. The average molecular weight is 408 g/mol. The normalized spacial score (nSPS) is 13.6. The lowest BCUT2D eigenvalue weighted by Gasteiger charge is -2.19. The van der Waals surface area contributed by atoms with Gasteiger partial charge in [-0.05, 0) is 47.2 Å². The number of fused-ring (bicyclic) bond motifs is 1. The maximum absolute atomic E-state index is 12.6. The fraction of sp³-hybridized carbons (Fsp3) is 0.375. The highest BCUT2D eigenvalue weighted by molar-refractivity contribution is 6.21. The van der Waals surface area contributed by atoms with Crippen molar-refractivity contribution in [2.75, 3.05) is 18.5 Å². The Balaban J connectivity index is 1.61. The third kappa shape index (κ3) is 4.70. The zero-order valence-electron chi connectivity index (χ0n) is 18.1. The number of hydrogen-bond donors (Lipinski definition) is 1. The van der Waals surface area contributed by atoms with E-state index in [0.29, 0.717) is 29.1 Å². The molecule has 0 atom stereocenters. The van der Waals surface area contributed by atoms with E-state index in [2.05, 4.69) is 26.1 Å². The van der Waals surface area contributed by atoms with Crippen LogP contribution in [0.4, 0.5) is 5.69 Å². The van der Waals surface area contributed by atoms with Crippen LogP contribution in [0.25, 0.3) is 0 Å². The van der Waals surface area contributed by atoms with Crippen molar-refractivity contribution in [2.45, 2.75) is 40.0 Å². The molecule has 3 amide bonds. The second-order valence-electron chi connectivity index (χ2n) is 8.99. The van der Waals surface area contributed by atoms with Gasteiger partial charge in [0.15, 0.2) is 6.61 Å². The molecule has 6 heteroatoms. The number of amides is 3. The standard InChI is InChI=1S/C24H28N2O4/c1-15(2)13-26-22(28)19-11-8-17(12-20(19)23(26)29)25-21(27)14-30-18-9-6-16(7-10-18)24(3,4)5/h6-12,15H,13-14H2,1-5H3,(H,25,27). The van der Waals surface area contributed by atoms with E-state index in [-0.39, 0.29) is 35.7 Å². The monoisotopic (exact) mass is 408 g/mol. The van der Waals surface area contributed by atoms with Crippen LogP contribution in [0.2, 0.25) is 0 Å². The molecule has 30 heavy (non-hydrogen) atoms. The van der Waals surface area contributed by atoms with Crippen molar-refractivity contribution in [2.24, 2.45) is 5.92 Å². The van der Waals surface area contributed by atoms with Crippen LogP contribution in [0.5, 0.6) is 5.75 Å². The van der Waals surface area contributed by atoms with Crippen molar-refractivity contribution in [3.05, 3.63) is 59.2 Å². The summed E-state index contributed by atoms with van der Waals surface area (Å²) < 4.78 is 5.56. The number of nitrogens with zero attached hydrogens (tertiary/aromatic N) is 1. The van der Waals surface area contributed by atoms with Crippen LogP contribution in [-0.2, 0) is 10.2 Å². The second kappa shape index (κ2) is 8.30. The molecule has 1 N–H and O–H groups in total.